The van der Waals surface area contributed by atoms with Crippen molar-refractivity contribution in [1.82, 2.24) is 4.98 Å². The van der Waals surface area contributed by atoms with Crippen LogP contribution < -0.4 is 9.64 Å². The number of aryl methyl sites for hydroxylation is 3. The minimum atomic E-state index is -0.244. The third-order valence-corrected chi connectivity index (χ3v) is 5.88. The molecule has 0 amide bonds. The summed E-state index contributed by atoms with van der Waals surface area (Å²) in [5.41, 5.74) is 4.74. The van der Waals surface area contributed by atoms with Crippen LogP contribution >= 0.6 is 0 Å². The fraction of sp³-hybridized carbons (Fsp3) is 0.429. The van der Waals surface area contributed by atoms with Gasteiger partial charge in [0.2, 0.25) is 0 Å². The lowest BCUT2D eigenvalue weighted by Gasteiger charge is -2.29. The average Bonchev–Trinajstić information content (AvgIpc) is 2.79. The zero-order valence-electron chi connectivity index (χ0n) is 20.4. The smallest absolute Gasteiger partial charge is 0.166 e. The molecule has 5 nitrogen and oxygen atoms in total. The SMILES string of the molecule is Cc1cc(CCC(=O)c2cc3ccccc3nc2N2CCOCC2)cc(C)c1OC(C)(C)C. The molecule has 0 aliphatic carbocycles. The normalized spacial score (nSPS) is 14.5. The summed E-state index contributed by atoms with van der Waals surface area (Å²) in [5, 5.41) is 0.994. The number of hydrogen-bond acceptors (Lipinski definition) is 5. The molecule has 2 heterocycles. The molecule has 0 spiro atoms. The van der Waals surface area contributed by atoms with E-state index >= 15 is 0 Å². The molecule has 33 heavy (non-hydrogen) atoms. The number of para-hydroxylation sites is 1. The molecule has 0 saturated carbocycles. The van der Waals surface area contributed by atoms with Gasteiger partial charge in [0.1, 0.15) is 17.2 Å². The van der Waals surface area contributed by atoms with Crippen molar-refractivity contribution in [2.24, 2.45) is 0 Å². The molecule has 1 saturated heterocycles. The van der Waals surface area contributed by atoms with Gasteiger partial charge in [0.05, 0.1) is 24.3 Å². The van der Waals surface area contributed by atoms with Crippen molar-refractivity contribution < 1.29 is 14.3 Å². The molecule has 1 fully saturated rings. The van der Waals surface area contributed by atoms with Crippen LogP contribution in [-0.2, 0) is 11.2 Å². The molecule has 1 aliphatic heterocycles. The number of nitrogens with zero attached hydrogens (tertiary/aromatic N) is 2. The van der Waals surface area contributed by atoms with Gasteiger partial charge >= 0.3 is 0 Å². The number of Topliss-reactive ketones (excluding diaryl/α,β-unsaturated/α-hetero) is 1. The number of rotatable bonds is 6. The standard InChI is InChI=1S/C28H34N2O3/c1-19-16-21(17-20(2)26(19)33-28(3,4)5)10-11-25(31)23-18-22-8-6-7-9-24(22)29-27(23)30-12-14-32-15-13-30/h6-9,16-18H,10-15H2,1-5H3. The molecule has 0 bridgehead atoms. The highest BCUT2D eigenvalue weighted by molar-refractivity contribution is 6.03. The molecular weight excluding hydrogens is 412 g/mol. The highest BCUT2D eigenvalue weighted by Crippen LogP contribution is 2.30. The Labute approximate surface area is 196 Å². The van der Waals surface area contributed by atoms with E-state index in [2.05, 4.69) is 51.7 Å². The molecular formula is C28H34N2O3. The second-order valence-corrected chi connectivity index (χ2v) is 9.85. The van der Waals surface area contributed by atoms with Gasteiger partial charge < -0.3 is 14.4 Å². The summed E-state index contributed by atoms with van der Waals surface area (Å²) in [5.74, 6) is 1.84. The zero-order valence-corrected chi connectivity index (χ0v) is 20.4. The van der Waals surface area contributed by atoms with E-state index in [4.69, 9.17) is 14.5 Å². The van der Waals surface area contributed by atoms with Crippen molar-refractivity contribution in [3.05, 3.63) is 64.7 Å². The van der Waals surface area contributed by atoms with Gasteiger partial charge in [-0.15, -0.1) is 0 Å². The van der Waals surface area contributed by atoms with E-state index < -0.39 is 0 Å². The number of ketones is 1. The minimum absolute atomic E-state index is 0.125. The van der Waals surface area contributed by atoms with Crippen LogP contribution in [0.4, 0.5) is 5.82 Å². The molecule has 1 aromatic heterocycles. The van der Waals surface area contributed by atoms with E-state index in [0.29, 0.717) is 31.6 Å². The van der Waals surface area contributed by atoms with Gasteiger partial charge in [-0.05, 0) is 69.9 Å². The summed E-state index contributed by atoms with van der Waals surface area (Å²) in [7, 11) is 0. The Hall–Kier alpha value is -2.92. The molecule has 2 aromatic carbocycles. The van der Waals surface area contributed by atoms with E-state index in [0.717, 1.165) is 52.3 Å². The first kappa shape index (κ1) is 23.2. The Morgan fingerprint density at radius 1 is 1.06 bits per heavy atom. The number of carbonyl (C=O) groups excluding carboxylic acids is 1. The highest BCUT2D eigenvalue weighted by Gasteiger charge is 2.22. The Morgan fingerprint density at radius 3 is 2.39 bits per heavy atom. The van der Waals surface area contributed by atoms with E-state index in [1.165, 1.54) is 0 Å². The molecule has 1 aliphatic rings. The second kappa shape index (κ2) is 9.52. The van der Waals surface area contributed by atoms with Crippen LogP contribution in [0.25, 0.3) is 10.9 Å². The van der Waals surface area contributed by atoms with Crippen LogP contribution in [-0.4, -0.2) is 42.7 Å². The summed E-state index contributed by atoms with van der Waals surface area (Å²) in [6, 6.07) is 14.3. The number of morpholine rings is 1. The van der Waals surface area contributed by atoms with Gasteiger partial charge in [-0.25, -0.2) is 4.98 Å². The molecule has 3 aromatic rings. The molecule has 0 N–H and O–H groups in total. The maximum atomic E-state index is 13.4. The summed E-state index contributed by atoms with van der Waals surface area (Å²) in [4.78, 5) is 20.5. The average molecular weight is 447 g/mol. The number of hydrogen-bond donors (Lipinski definition) is 0. The fourth-order valence-electron chi connectivity index (χ4n) is 4.37. The maximum Gasteiger partial charge on any atom is 0.166 e. The van der Waals surface area contributed by atoms with Crippen LogP contribution in [0.3, 0.4) is 0 Å². The monoisotopic (exact) mass is 446 g/mol. The van der Waals surface area contributed by atoms with Crippen LogP contribution in [0, 0.1) is 13.8 Å². The minimum Gasteiger partial charge on any atom is -0.488 e. The van der Waals surface area contributed by atoms with Crippen molar-refractivity contribution >= 4 is 22.5 Å². The molecule has 5 heteroatoms. The maximum absolute atomic E-state index is 13.4. The van der Waals surface area contributed by atoms with E-state index in [9.17, 15) is 4.79 Å². The van der Waals surface area contributed by atoms with Crippen molar-refractivity contribution in [2.75, 3.05) is 31.2 Å². The molecule has 0 radical (unpaired) electrons. The first-order valence-corrected chi connectivity index (χ1v) is 11.8. The quantitative estimate of drug-likeness (QED) is 0.456. The largest absolute Gasteiger partial charge is 0.488 e. The Kier molecular flexibility index (Phi) is 6.71. The molecule has 174 valence electrons. The lowest BCUT2D eigenvalue weighted by Crippen LogP contribution is -2.37. The highest BCUT2D eigenvalue weighted by atomic mass is 16.5. The van der Waals surface area contributed by atoms with Crippen LogP contribution in [0.2, 0.25) is 0 Å². The van der Waals surface area contributed by atoms with Crippen molar-refractivity contribution in [3.63, 3.8) is 0 Å². The van der Waals surface area contributed by atoms with E-state index in [1.54, 1.807) is 0 Å². The van der Waals surface area contributed by atoms with Gasteiger partial charge in [0, 0.05) is 24.9 Å². The van der Waals surface area contributed by atoms with E-state index in [-0.39, 0.29) is 11.4 Å². The predicted octanol–water partition coefficient (Wildman–Crippen LogP) is 5.68. The number of aromatic nitrogens is 1. The third-order valence-electron chi connectivity index (χ3n) is 5.88. The van der Waals surface area contributed by atoms with Crippen molar-refractivity contribution in [2.45, 2.75) is 53.1 Å². The predicted molar refractivity (Wildman–Crippen MR) is 134 cm³/mol. The molecule has 0 unspecified atom stereocenters. The van der Waals surface area contributed by atoms with Crippen LogP contribution in [0.15, 0.2) is 42.5 Å². The first-order chi connectivity index (χ1) is 15.7. The topological polar surface area (TPSA) is 51.7 Å². The lowest BCUT2D eigenvalue weighted by atomic mass is 9.98. The summed E-state index contributed by atoms with van der Waals surface area (Å²) < 4.78 is 11.7. The van der Waals surface area contributed by atoms with E-state index in [1.807, 2.05) is 30.3 Å². The number of carbonyl (C=O) groups is 1. The van der Waals surface area contributed by atoms with Crippen molar-refractivity contribution in [3.8, 4) is 5.75 Å². The molecule has 0 atom stereocenters. The van der Waals surface area contributed by atoms with Gasteiger partial charge in [-0.1, -0.05) is 30.3 Å². The first-order valence-electron chi connectivity index (χ1n) is 11.8. The van der Waals surface area contributed by atoms with Gasteiger partial charge in [0.25, 0.3) is 0 Å². The number of fused-ring (bicyclic) bond motifs is 1. The number of anilines is 1. The van der Waals surface area contributed by atoms with Crippen LogP contribution in [0.1, 0.15) is 54.2 Å². The van der Waals surface area contributed by atoms with Gasteiger partial charge in [-0.3, -0.25) is 4.79 Å². The van der Waals surface area contributed by atoms with Gasteiger partial charge in [-0.2, -0.15) is 0 Å². The fourth-order valence-corrected chi connectivity index (χ4v) is 4.37. The van der Waals surface area contributed by atoms with Crippen LogP contribution in [0.5, 0.6) is 5.75 Å². The third kappa shape index (κ3) is 5.53. The summed E-state index contributed by atoms with van der Waals surface area (Å²) in [6.07, 6.45) is 1.13. The lowest BCUT2D eigenvalue weighted by molar-refractivity contribution is 0.0980. The summed E-state index contributed by atoms with van der Waals surface area (Å²) in [6.45, 7) is 13.1. The van der Waals surface area contributed by atoms with Gasteiger partial charge in [0.15, 0.2) is 5.78 Å². The molecule has 4 rings (SSSR count). The number of ether oxygens (including phenoxy) is 2. The zero-order chi connectivity index (χ0) is 23.6. The number of benzene rings is 2. The Balaban J connectivity index is 1.58. The van der Waals surface area contributed by atoms with Crippen molar-refractivity contribution in [1.29, 1.82) is 0 Å². The summed E-state index contributed by atoms with van der Waals surface area (Å²) >= 11 is 0. The second-order valence-electron chi connectivity index (χ2n) is 9.85. The Bertz CT molecular complexity index is 1130. The Morgan fingerprint density at radius 2 is 1.73 bits per heavy atom. The number of pyridine rings is 1.